The van der Waals surface area contributed by atoms with Gasteiger partial charge >= 0.3 is 0 Å². The molecule has 16 heavy (non-hydrogen) atoms. The summed E-state index contributed by atoms with van der Waals surface area (Å²) in [4.78, 5) is 0. The predicted molar refractivity (Wildman–Crippen MR) is 66.3 cm³/mol. The minimum atomic E-state index is 0.491. The lowest BCUT2D eigenvalue weighted by Gasteiger charge is -2.24. The summed E-state index contributed by atoms with van der Waals surface area (Å²) in [6.45, 7) is 7.27. The van der Waals surface area contributed by atoms with Gasteiger partial charge in [0.05, 0.1) is 6.10 Å². The number of hydrogen-bond acceptors (Lipinski definition) is 3. The Hall–Kier alpha value is -0.120. The molecule has 2 rings (SSSR count). The maximum atomic E-state index is 5.82. The summed E-state index contributed by atoms with van der Waals surface area (Å²) in [5.41, 5.74) is 5.79. The fourth-order valence-corrected chi connectivity index (χ4v) is 2.61. The molecule has 1 saturated carbocycles. The molecule has 3 heteroatoms. The van der Waals surface area contributed by atoms with E-state index in [-0.39, 0.29) is 0 Å². The molecule has 0 aromatic heterocycles. The Bertz CT molecular complexity index is 216. The van der Waals surface area contributed by atoms with Crippen molar-refractivity contribution in [2.75, 3.05) is 19.7 Å². The van der Waals surface area contributed by atoms with Crippen LogP contribution < -0.4 is 11.1 Å². The van der Waals surface area contributed by atoms with Crippen LogP contribution in [0.5, 0.6) is 0 Å². The number of ether oxygens (including phenoxy) is 1. The molecule has 3 atom stereocenters. The van der Waals surface area contributed by atoms with Crippen molar-refractivity contribution in [3.8, 4) is 0 Å². The first-order chi connectivity index (χ1) is 7.72. The van der Waals surface area contributed by atoms with Gasteiger partial charge in [0.2, 0.25) is 0 Å². The zero-order chi connectivity index (χ0) is 11.5. The van der Waals surface area contributed by atoms with Gasteiger partial charge in [0, 0.05) is 12.6 Å². The monoisotopic (exact) mass is 226 g/mol. The summed E-state index contributed by atoms with van der Waals surface area (Å²) in [6, 6.07) is 0.584. The highest BCUT2D eigenvalue weighted by Gasteiger charge is 2.40. The second kappa shape index (κ2) is 5.48. The number of hydrogen-bond donors (Lipinski definition) is 2. The zero-order valence-electron chi connectivity index (χ0n) is 10.6. The number of nitrogens with two attached hydrogens (primary N) is 1. The Morgan fingerprint density at radius 1 is 1.31 bits per heavy atom. The van der Waals surface area contributed by atoms with Crippen molar-refractivity contribution in [3.63, 3.8) is 0 Å². The highest BCUT2D eigenvalue weighted by atomic mass is 16.5. The summed E-state index contributed by atoms with van der Waals surface area (Å²) in [7, 11) is 0. The molecule has 0 amide bonds. The Kier molecular flexibility index (Phi) is 4.22. The Morgan fingerprint density at radius 2 is 2.06 bits per heavy atom. The lowest BCUT2D eigenvalue weighted by Crippen LogP contribution is -2.42. The van der Waals surface area contributed by atoms with Crippen molar-refractivity contribution < 1.29 is 4.74 Å². The van der Waals surface area contributed by atoms with Crippen LogP contribution in [0, 0.1) is 17.8 Å². The topological polar surface area (TPSA) is 47.3 Å². The van der Waals surface area contributed by atoms with Crippen LogP contribution in [-0.4, -0.2) is 31.8 Å². The molecule has 3 unspecified atom stereocenters. The summed E-state index contributed by atoms with van der Waals surface area (Å²) < 4.78 is 5.82. The van der Waals surface area contributed by atoms with Crippen molar-refractivity contribution in [1.82, 2.24) is 5.32 Å². The van der Waals surface area contributed by atoms with Crippen LogP contribution in [0.4, 0.5) is 0 Å². The van der Waals surface area contributed by atoms with Gasteiger partial charge in [-0.25, -0.2) is 0 Å². The average Bonchev–Trinajstić information content (AvgIpc) is 2.99. The molecule has 1 heterocycles. The molecule has 1 aliphatic heterocycles. The van der Waals surface area contributed by atoms with E-state index >= 15 is 0 Å². The van der Waals surface area contributed by atoms with Crippen LogP contribution in [0.25, 0.3) is 0 Å². The zero-order valence-corrected chi connectivity index (χ0v) is 10.6. The second-order valence-electron chi connectivity index (χ2n) is 5.72. The number of nitrogens with one attached hydrogen (secondary N) is 1. The summed E-state index contributed by atoms with van der Waals surface area (Å²) in [5, 5.41) is 3.68. The van der Waals surface area contributed by atoms with E-state index in [1.807, 2.05) is 0 Å². The van der Waals surface area contributed by atoms with E-state index in [1.165, 1.54) is 19.3 Å². The van der Waals surface area contributed by atoms with Crippen molar-refractivity contribution in [2.45, 2.75) is 45.3 Å². The van der Waals surface area contributed by atoms with Crippen LogP contribution in [-0.2, 0) is 4.74 Å². The van der Waals surface area contributed by atoms with Crippen LogP contribution in [0.3, 0.4) is 0 Å². The van der Waals surface area contributed by atoms with E-state index in [1.54, 1.807) is 0 Å². The quantitative estimate of drug-likeness (QED) is 0.719. The second-order valence-corrected chi connectivity index (χ2v) is 5.72. The van der Waals surface area contributed by atoms with Gasteiger partial charge in [-0.05, 0) is 50.1 Å². The lowest BCUT2D eigenvalue weighted by molar-refractivity contribution is 0.0799. The van der Waals surface area contributed by atoms with Crippen LogP contribution in [0.15, 0.2) is 0 Å². The summed E-state index contributed by atoms with van der Waals surface area (Å²) in [6.07, 6.45) is 4.41. The molecule has 0 bridgehead atoms. The van der Waals surface area contributed by atoms with Gasteiger partial charge in [-0.1, -0.05) is 13.8 Å². The summed E-state index contributed by atoms with van der Waals surface area (Å²) in [5.74, 6) is 2.11. The fourth-order valence-electron chi connectivity index (χ4n) is 2.61. The van der Waals surface area contributed by atoms with E-state index in [4.69, 9.17) is 10.5 Å². The van der Waals surface area contributed by atoms with Crippen molar-refractivity contribution >= 4 is 0 Å². The van der Waals surface area contributed by atoms with E-state index in [0.717, 1.165) is 25.6 Å². The Labute approximate surface area is 99.1 Å². The maximum absolute atomic E-state index is 5.82. The van der Waals surface area contributed by atoms with Crippen molar-refractivity contribution in [2.24, 2.45) is 23.5 Å². The normalized spacial score (nSPS) is 32.2. The fraction of sp³-hybridized carbons (Fsp3) is 1.00. The first-order valence-electron chi connectivity index (χ1n) is 6.77. The molecule has 94 valence electrons. The third kappa shape index (κ3) is 2.96. The first-order valence-corrected chi connectivity index (χ1v) is 6.77. The van der Waals surface area contributed by atoms with Gasteiger partial charge in [0.1, 0.15) is 0 Å². The van der Waals surface area contributed by atoms with E-state index in [2.05, 4.69) is 19.2 Å². The van der Waals surface area contributed by atoms with E-state index in [9.17, 15) is 0 Å². The van der Waals surface area contributed by atoms with Gasteiger partial charge in [-0.3, -0.25) is 0 Å². The SMILES string of the molecule is CC(C)C(CN)CNC1CCOC1C1CC1. The number of rotatable bonds is 6. The molecule has 3 nitrogen and oxygen atoms in total. The molecule has 0 radical (unpaired) electrons. The molecular weight excluding hydrogens is 200 g/mol. The average molecular weight is 226 g/mol. The van der Waals surface area contributed by atoms with E-state index < -0.39 is 0 Å². The minimum Gasteiger partial charge on any atom is -0.376 e. The molecule has 3 N–H and O–H groups in total. The summed E-state index contributed by atoms with van der Waals surface area (Å²) >= 11 is 0. The lowest BCUT2D eigenvalue weighted by atomic mass is 9.95. The van der Waals surface area contributed by atoms with E-state index in [0.29, 0.717) is 24.0 Å². The third-order valence-corrected chi connectivity index (χ3v) is 4.11. The molecular formula is C13H26N2O. The van der Waals surface area contributed by atoms with Crippen LogP contribution >= 0.6 is 0 Å². The smallest absolute Gasteiger partial charge is 0.0756 e. The predicted octanol–water partition coefficient (Wildman–Crippen LogP) is 1.37. The van der Waals surface area contributed by atoms with Gasteiger partial charge < -0.3 is 15.8 Å². The van der Waals surface area contributed by atoms with Crippen LogP contribution in [0.2, 0.25) is 0 Å². The largest absolute Gasteiger partial charge is 0.376 e. The van der Waals surface area contributed by atoms with Gasteiger partial charge in [0.25, 0.3) is 0 Å². The highest BCUT2D eigenvalue weighted by molar-refractivity contribution is 4.93. The van der Waals surface area contributed by atoms with Gasteiger partial charge in [-0.15, -0.1) is 0 Å². The molecule has 0 aromatic rings. The third-order valence-electron chi connectivity index (χ3n) is 4.11. The van der Waals surface area contributed by atoms with Gasteiger partial charge in [-0.2, -0.15) is 0 Å². The molecule has 2 fully saturated rings. The molecule has 0 aromatic carbocycles. The standard InChI is InChI=1S/C13H26N2O/c1-9(2)11(7-14)8-15-12-5-6-16-13(12)10-3-4-10/h9-13,15H,3-8,14H2,1-2H3. The maximum Gasteiger partial charge on any atom is 0.0756 e. The highest BCUT2D eigenvalue weighted by Crippen LogP contribution is 2.38. The van der Waals surface area contributed by atoms with Crippen LogP contribution in [0.1, 0.15) is 33.1 Å². The van der Waals surface area contributed by atoms with Crippen molar-refractivity contribution in [1.29, 1.82) is 0 Å². The Morgan fingerprint density at radius 3 is 2.62 bits per heavy atom. The minimum absolute atomic E-state index is 0.491. The molecule has 1 aliphatic carbocycles. The molecule has 0 spiro atoms. The van der Waals surface area contributed by atoms with Gasteiger partial charge in [0.15, 0.2) is 0 Å². The molecule has 1 saturated heterocycles. The first kappa shape index (κ1) is 12.3. The Balaban J connectivity index is 1.75. The van der Waals surface area contributed by atoms with Crippen molar-refractivity contribution in [3.05, 3.63) is 0 Å². The molecule has 2 aliphatic rings.